The quantitative estimate of drug-likeness (QED) is 0.309. The molecular formula is C20H28N5O5P. The number of aromatic nitrogens is 4. The summed E-state index contributed by atoms with van der Waals surface area (Å²) in [6.45, 7) is 5.37. The van der Waals surface area contributed by atoms with Crippen molar-refractivity contribution in [2.24, 2.45) is 0 Å². The third kappa shape index (κ3) is 6.81. The molecule has 0 amide bonds. The number of nitrogen functional groups attached to an aromatic ring is 1. The average Bonchev–Trinajstić information content (AvgIpc) is 3.19. The van der Waals surface area contributed by atoms with Crippen LogP contribution in [0.5, 0.6) is 0 Å². The van der Waals surface area contributed by atoms with Crippen LogP contribution in [0, 0.1) is 0 Å². The molecule has 31 heavy (non-hydrogen) atoms. The second kappa shape index (κ2) is 11.3. The number of fused-ring (bicyclic) bond motifs is 1. The molecular weight excluding hydrogens is 421 g/mol. The lowest BCUT2D eigenvalue weighted by Gasteiger charge is -2.21. The standard InChI is InChI=1S/C20H28N5O5P/c1-3-27-9-10-29-31(26,30-12-17-7-5-4-6-8-17)15-28-16(2)11-25-14-24-18-19(21)22-13-23-20(18)25/h4-8,13-14,16H,3,9-12,15H2,1-2H3,(H2,21,22,23)/t16-,31?/m1/s1. The van der Waals surface area contributed by atoms with Crippen LogP contribution in [-0.2, 0) is 36.2 Å². The van der Waals surface area contributed by atoms with Crippen molar-refractivity contribution in [3.05, 3.63) is 48.5 Å². The molecule has 3 aromatic rings. The SMILES string of the molecule is CCOCCOP(=O)(CO[C@H](C)Cn1cnc2c(N)ncnc21)OCc1ccccc1. The van der Waals surface area contributed by atoms with Crippen LogP contribution < -0.4 is 5.73 Å². The predicted molar refractivity (Wildman–Crippen MR) is 116 cm³/mol. The number of hydrogen-bond donors (Lipinski definition) is 1. The average molecular weight is 449 g/mol. The van der Waals surface area contributed by atoms with E-state index in [-0.39, 0.29) is 25.7 Å². The van der Waals surface area contributed by atoms with Gasteiger partial charge in [0.1, 0.15) is 18.2 Å². The van der Waals surface area contributed by atoms with E-state index < -0.39 is 7.60 Å². The Labute approximate surface area is 181 Å². The summed E-state index contributed by atoms with van der Waals surface area (Å²) in [4.78, 5) is 12.4. The van der Waals surface area contributed by atoms with Crippen LogP contribution in [0.2, 0.25) is 0 Å². The highest BCUT2D eigenvalue weighted by Crippen LogP contribution is 2.49. The molecule has 0 aliphatic carbocycles. The van der Waals surface area contributed by atoms with Crippen LogP contribution in [-0.4, -0.2) is 51.8 Å². The van der Waals surface area contributed by atoms with E-state index in [4.69, 9.17) is 24.3 Å². The minimum atomic E-state index is -3.50. The highest BCUT2D eigenvalue weighted by Gasteiger charge is 2.27. The zero-order chi connectivity index (χ0) is 22.1. The number of nitrogens with two attached hydrogens (primary N) is 1. The van der Waals surface area contributed by atoms with E-state index in [9.17, 15) is 4.57 Å². The van der Waals surface area contributed by atoms with Gasteiger partial charge in [0.15, 0.2) is 11.5 Å². The Hall–Kier alpha value is -2.36. The fourth-order valence-electron chi connectivity index (χ4n) is 2.82. The Balaban J connectivity index is 1.59. The van der Waals surface area contributed by atoms with Crippen LogP contribution in [0.15, 0.2) is 43.0 Å². The maximum Gasteiger partial charge on any atom is 0.356 e. The van der Waals surface area contributed by atoms with Crippen LogP contribution in [0.4, 0.5) is 5.82 Å². The number of imidazole rings is 1. The van der Waals surface area contributed by atoms with Crippen LogP contribution in [0.3, 0.4) is 0 Å². The van der Waals surface area contributed by atoms with Crippen molar-refractivity contribution >= 4 is 24.6 Å². The first-order valence-corrected chi connectivity index (χ1v) is 11.8. The van der Waals surface area contributed by atoms with E-state index in [0.29, 0.717) is 36.7 Å². The van der Waals surface area contributed by atoms with Crippen molar-refractivity contribution in [3.63, 3.8) is 0 Å². The Kier molecular flexibility index (Phi) is 8.51. The molecule has 0 radical (unpaired) electrons. The van der Waals surface area contributed by atoms with E-state index in [2.05, 4.69) is 15.0 Å². The summed E-state index contributed by atoms with van der Waals surface area (Å²) in [5.74, 6) is 0.318. The highest BCUT2D eigenvalue weighted by molar-refractivity contribution is 7.53. The zero-order valence-electron chi connectivity index (χ0n) is 17.7. The molecule has 3 rings (SSSR count). The van der Waals surface area contributed by atoms with Crippen molar-refractivity contribution < 1.29 is 23.1 Å². The predicted octanol–water partition coefficient (Wildman–Crippen LogP) is 3.23. The first kappa shape index (κ1) is 23.3. The molecule has 2 heterocycles. The lowest BCUT2D eigenvalue weighted by Crippen LogP contribution is -2.18. The number of benzene rings is 1. The summed E-state index contributed by atoms with van der Waals surface area (Å²) in [7, 11) is -3.50. The van der Waals surface area contributed by atoms with E-state index >= 15 is 0 Å². The fraction of sp³-hybridized carbons (Fsp3) is 0.450. The van der Waals surface area contributed by atoms with Crippen LogP contribution in [0.1, 0.15) is 19.4 Å². The Morgan fingerprint density at radius 1 is 1.13 bits per heavy atom. The van der Waals surface area contributed by atoms with Gasteiger partial charge in [-0.15, -0.1) is 0 Å². The molecule has 11 heteroatoms. The molecule has 0 bridgehead atoms. The molecule has 168 valence electrons. The highest BCUT2D eigenvalue weighted by atomic mass is 31.2. The first-order valence-electron chi connectivity index (χ1n) is 10.0. The summed E-state index contributed by atoms with van der Waals surface area (Å²) >= 11 is 0. The zero-order valence-corrected chi connectivity index (χ0v) is 18.6. The van der Waals surface area contributed by atoms with Gasteiger partial charge in [0.05, 0.1) is 38.8 Å². The Morgan fingerprint density at radius 2 is 1.94 bits per heavy atom. The Bertz CT molecular complexity index is 1000. The fourth-order valence-corrected chi connectivity index (χ4v) is 4.18. The van der Waals surface area contributed by atoms with Gasteiger partial charge in [-0.3, -0.25) is 4.57 Å². The third-order valence-corrected chi connectivity index (χ3v) is 5.95. The van der Waals surface area contributed by atoms with Gasteiger partial charge in [0.25, 0.3) is 0 Å². The number of anilines is 1. The molecule has 0 saturated carbocycles. The van der Waals surface area contributed by atoms with Gasteiger partial charge in [-0.2, -0.15) is 0 Å². The molecule has 0 aliphatic heterocycles. The summed E-state index contributed by atoms with van der Waals surface area (Å²) in [6, 6.07) is 9.48. The molecule has 0 spiro atoms. The van der Waals surface area contributed by atoms with E-state index in [0.717, 1.165) is 5.56 Å². The van der Waals surface area contributed by atoms with Gasteiger partial charge < -0.3 is 28.8 Å². The van der Waals surface area contributed by atoms with Crippen molar-refractivity contribution in [2.75, 3.05) is 31.9 Å². The summed E-state index contributed by atoms with van der Waals surface area (Å²) in [5.41, 5.74) is 7.87. The van der Waals surface area contributed by atoms with E-state index in [1.807, 2.05) is 48.7 Å². The van der Waals surface area contributed by atoms with Crippen LogP contribution >= 0.6 is 7.60 Å². The molecule has 0 aliphatic rings. The van der Waals surface area contributed by atoms with Gasteiger partial charge >= 0.3 is 7.60 Å². The second-order valence-electron chi connectivity index (χ2n) is 6.83. The second-order valence-corrected chi connectivity index (χ2v) is 8.83. The minimum Gasteiger partial charge on any atom is -0.382 e. The topological polar surface area (TPSA) is 124 Å². The molecule has 2 N–H and O–H groups in total. The van der Waals surface area contributed by atoms with Crippen molar-refractivity contribution in [1.29, 1.82) is 0 Å². The smallest absolute Gasteiger partial charge is 0.356 e. The van der Waals surface area contributed by atoms with E-state index in [1.165, 1.54) is 6.33 Å². The minimum absolute atomic E-state index is 0.153. The molecule has 0 fully saturated rings. The summed E-state index contributed by atoms with van der Waals surface area (Å²) in [6.07, 6.45) is 2.52. The van der Waals surface area contributed by atoms with Crippen molar-refractivity contribution in [1.82, 2.24) is 19.5 Å². The first-order chi connectivity index (χ1) is 15.0. The van der Waals surface area contributed by atoms with Crippen LogP contribution in [0.25, 0.3) is 11.2 Å². The third-order valence-electron chi connectivity index (χ3n) is 4.39. The molecule has 10 nitrogen and oxygen atoms in total. The molecule has 0 saturated heterocycles. The van der Waals surface area contributed by atoms with Crippen molar-refractivity contribution in [3.8, 4) is 0 Å². The number of ether oxygens (including phenoxy) is 2. The number of hydrogen-bond acceptors (Lipinski definition) is 9. The van der Waals surface area contributed by atoms with Gasteiger partial charge in [-0.25, -0.2) is 15.0 Å². The van der Waals surface area contributed by atoms with Gasteiger partial charge in [-0.05, 0) is 19.4 Å². The largest absolute Gasteiger partial charge is 0.382 e. The monoisotopic (exact) mass is 449 g/mol. The maximum absolute atomic E-state index is 13.2. The summed E-state index contributed by atoms with van der Waals surface area (Å²) < 4.78 is 37.3. The molecule has 1 aromatic carbocycles. The van der Waals surface area contributed by atoms with Crippen molar-refractivity contribution in [2.45, 2.75) is 33.1 Å². The Morgan fingerprint density at radius 3 is 2.71 bits per heavy atom. The van der Waals surface area contributed by atoms with Gasteiger partial charge in [0, 0.05) is 6.61 Å². The maximum atomic E-state index is 13.2. The van der Waals surface area contributed by atoms with Gasteiger partial charge in [-0.1, -0.05) is 30.3 Å². The molecule has 2 atom stereocenters. The summed E-state index contributed by atoms with van der Waals surface area (Å²) in [5, 5.41) is 0. The number of rotatable bonds is 13. The van der Waals surface area contributed by atoms with Gasteiger partial charge in [0.2, 0.25) is 0 Å². The molecule has 1 unspecified atom stereocenters. The van der Waals surface area contributed by atoms with E-state index in [1.54, 1.807) is 6.33 Å². The lowest BCUT2D eigenvalue weighted by molar-refractivity contribution is 0.0551. The number of nitrogens with zero attached hydrogens (tertiary/aromatic N) is 4. The normalized spacial score (nSPS) is 14.5. The lowest BCUT2D eigenvalue weighted by atomic mass is 10.2. The molecule has 2 aromatic heterocycles.